The van der Waals surface area contributed by atoms with E-state index in [0.717, 1.165) is 11.1 Å². The molecule has 1 aromatic carbocycles. The third-order valence-corrected chi connectivity index (χ3v) is 2.84. The smallest absolute Gasteiger partial charge is 0.328 e. The molecule has 6 heteroatoms. The quantitative estimate of drug-likeness (QED) is 0.533. The van der Waals surface area contributed by atoms with E-state index >= 15 is 0 Å². The highest BCUT2D eigenvalue weighted by atomic mass is 16.5. The number of ether oxygens (including phenoxy) is 2. The largest absolute Gasteiger partial charge is 0.484 e. The van der Waals surface area contributed by atoms with Gasteiger partial charge in [-0.05, 0) is 25.5 Å². The maximum atomic E-state index is 11.8. The number of carbonyl (C=O) groups is 2. The van der Waals surface area contributed by atoms with E-state index < -0.39 is 17.9 Å². The molecule has 0 saturated carbocycles. The van der Waals surface area contributed by atoms with Gasteiger partial charge >= 0.3 is 5.97 Å². The molecule has 22 heavy (non-hydrogen) atoms. The van der Waals surface area contributed by atoms with Crippen molar-refractivity contribution >= 4 is 11.9 Å². The van der Waals surface area contributed by atoms with Gasteiger partial charge in [-0.3, -0.25) is 4.79 Å². The van der Waals surface area contributed by atoms with Crippen LogP contribution in [0.2, 0.25) is 0 Å². The number of benzene rings is 1. The highest BCUT2D eigenvalue weighted by molar-refractivity contribution is 5.84. The predicted molar refractivity (Wildman–Crippen MR) is 82.0 cm³/mol. The molecule has 0 aliphatic heterocycles. The van der Waals surface area contributed by atoms with Crippen molar-refractivity contribution in [1.29, 1.82) is 0 Å². The second-order valence-corrected chi connectivity index (χ2v) is 4.84. The Kier molecular flexibility index (Phi) is 7.12. The van der Waals surface area contributed by atoms with Crippen LogP contribution in [0.3, 0.4) is 0 Å². The second kappa shape index (κ2) is 8.84. The third-order valence-electron chi connectivity index (χ3n) is 2.84. The van der Waals surface area contributed by atoms with Crippen molar-refractivity contribution in [3.05, 3.63) is 42.0 Å². The first-order chi connectivity index (χ1) is 10.4. The van der Waals surface area contributed by atoms with Crippen LogP contribution in [-0.4, -0.2) is 42.8 Å². The van der Waals surface area contributed by atoms with E-state index in [1.807, 2.05) is 26.0 Å². The topological polar surface area (TPSA) is 84.9 Å². The molecule has 0 spiro atoms. The van der Waals surface area contributed by atoms with Crippen molar-refractivity contribution in [3.63, 3.8) is 0 Å². The monoisotopic (exact) mass is 307 g/mol. The number of carbonyl (C=O) groups excluding carboxylic acids is 1. The molecule has 0 heterocycles. The van der Waals surface area contributed by atoms with Gasteiger partial charge in [0.2, 0.25) is 0 Å². The Morgan fingerprint density at radius 3 is 2.73 bits per heavy atom. The molecule has 1 aromatic rings. The molecule has 1 rings (SSSR count). The van der Waals surface area contributed by atoms with Crippen LogP contribution in [0.4, 0.5) is 0 Å². The number of hydrogen-bond donors (Lipinski definition) is 2. The van der Waals surface area contributed by atoms with Gasteiger partial charge in [-0.2, -0.15) is 0 Å². The van der Waals surface area contributed by atoms with Crippen molar-refractivity contribution in [2.75, 3.05) is 19.8 Å². The summed E-state index contributed by atoms with van der Waals surface area (Å²) in [5.74, 6) is -1.09. The van der Waals surface area contributed by atoms with Crippen molar-refractivity contribution < 1.29 is 24.2 Å². The predicted octanol–water partition coefficient (Wildman–Crippen LogP) is 1.45. The van der Waals surface area contributed by atoms with Crippen LogP contribution in [0, 0.1) is 13.8 Å². The molecule has 0 aliphatic rings. The number of nitrogens with one attached hydrogen (secondary N) is 1. The van der Waals surface area contributed by atoms with Crippen LogP contribution in [-0.2, 0) is 14.3 Å². The average Bonchev–Trinajstić information content (AvgIpc) is 2.45. The first-order valence-electron chi connectivity index (χ1n) is 6.85. The van der Waals surface area contributed by atoms with Gasteiger partial charge in [-0.1, -0.05) is 23.8 Å². The number of carboxylic acids is 1. The fourth-order valence-corrected chi connectivity index (χ4v) is 1.78. The summed E-state index contributed by atoms with van der Waals surface area (Å²) in [6, 6.07) is 4.48. The van der Waals surface area contributed by atoms with Gasteiger partial charge in [0.1, 0.15) is 5.75 Å². The molecule has 1 unspecified atom stereocenters. The summed E-state index contributed by atoms with van der Waals surface area (Å²) in [6.07, 6.45) is 1.50. The van der Waals surface area contributed by atoms with E-state index in [9.17, 15) is 9.59 Å². The van der Waals surface area contributed by atoms with Crippen molar-refractivity contribution in [3.8, 4) is 5.75 Å². The van der Waals surface area contributed by atoms with Gasteiger partial charge in [0.15, 0.2) is 12.6 Å². The Morgan fingerprint density at radius 2 is 2.14 bits per heavy atom. The minimum Gasteiger partial charge on any atom is -0.484 e. The minimum absolute atomic E-state index is 0.128. The molecular formula is C16H21NO5. The summed E-state index contributed by atoms with van der Waals surface area (Å²) in [6.45, 7) is 7.14. The third kappa shape index (κ3) is 5.97. The average molecular weight is 307 g/mol. The van der Waals surface area contributed by atoms with Crippen LogP contribution < -0.4 is 10.1 Å². The van der Waals surface area contributed by atoms with Gasteiger partial charge in [0.05, 0.1) is 13.2 Å². The maximum absolute atomic E-state index is 11.8. The van der Waals surface area contributed by atoms with E-state index in [1.165, 1.54) is 6.08 Å². The molecule has 120 valence electrons. The van der Waals surface area contributed by atoms with E-state index in [2.05, 4.69) is 11.9 Å². The lowest BCUT2D eigenvalue weighted by molar-refractivity contribution is -0.143. The summed E-state index contributed by atoms with van der Waals surface area (Å²) in [5.41, 5.74) is 2.01. The fraction of sp³-hybridized carbons (Fsp3) is 0.375. The number of aliphatic carboxylic acids is 1. The summed E-state index contributed by atoms with van der Waals surface area (Å²) >= 11 is 0. The normalized spacial score (nSPS) is 11.5. The van der Waals surface area contributed by atoms with Gasteiger partial charge < -0.3 is 19.9 Å². The van der Waals surface area contributed by atoms with E-state index in [4.69, 9.17) is 14.6 Å². The van der Waals surface area contributed by atoms with Crippen molar-refractivity contribution in [2.45, 2.75) is 19.9 Å². The van der Waals surface area contributed by atoms with Crippen LogP contribution >= 0.6 is 0 Å². The van der Waals surface area contributed by atoms with Gasteiger partial charge in [0, 0.05) is 0 Å². The molecule has 6 nitrogen and oxygen atoms in total. The first kappa shape index (κ1) is 17.7. The number of rotatable bonds is 9. The zero-order chi connectivity index (χ0) is 16.5. The molecular weight excluding hydrogens is 286 g/mol. The molecule has 0 aliphatic carbocycles. The van der Waals surface area contributed by atoms with Crippen LogP contribution in [0.15, 0.2) is 30.9 Å². The molecule has 0 radical (unpaired) electrons. The Morgan fingerprint density at radius 1 is 1.41 bits per heavy atom. The Bertz CT molecular complexity index is 541. The highest BCUT2D eigenvalue weighted by Gasteiger charge is 2.20. The van der Waals surface area contributed by atoms with Crippen LogP contribution in [0.1, 0.15) is 11.1 Å². The van der Waals surface area contributed by atoms with Gasteiger partial charge in [0.25, 0.3) is 5.91 Å². The molecule has 0 aromatic heterocycles. The van der Waals surface area contributed by atoms with Crippen LogP contribution in [0.5, 0.6) is 5.75 Å². The number of aryl methyl sites for hydroxylation is 2. The summed E-state index contributed by atoms with van der Waals surface area (Å²) in [5, 5.41) is 11.4. The Balaban J connectivity index is 2.49. The summed E-state index contributed by atoms with van der Waals surface area (Å²) < 4.78 is 10.4. The molecule has 2 N–H and O–H groups in total. The van der Waals surface area contributed by atoms with Gasteiger partial charge in [-0.25, -0.2) is 4.79 Å². The summed E-state index contributed by atoms with van der Waals surface area (Å²) in [7, 11) is 0. The lowest BCUT2D eigenvalue weighted by Crippen LogP contribution is -2.45. The SMILES string of the molecule is C=CCOCC(NC(=O)COc1ccc(C)cc1C)C(=O)O. The molecule has 0 bridgehead atoms. The first-order valence-corrected chi connectivity index (χ1v) is 6.85. The number of carboxylic acid groups (broad SMARTS) is 1. The summed E-state index contributed by atoms with van der Waals surface area (Å²) in [4.78, 5) is 22.8. The lowest BCUT2D eigenvalue weighted by Gasteiger charge is -2.15. The van der Waals surface area contributed by atoms with E-state index in [1.54, 1.807) is 6.07 Å². The molecule has 1 atom stereocenters. The van der Waals surface area contributed by atoms with E-state index in [-0.39, 0.29) is 19.8 Å². The Hall–Kier alpha value is -2.34. The number of hydrogen-bond acceptors (Lipinski definition) is 4. The standard InChI is InChI=1S/C16H21NO5/c1-4-7-21-9-13(16(19)20)17-15(18)10-22-14-6-5-11(2)8-12(14)3/h4-6,8,13H,1,7,9-10H2,2-3H3,(H,17,18)(H,19,20). The van der Waals surface area contributed by atoms with Gasteiger partial charge in [-0.15, -0.1) is 6.58 Å². The zero-order valence-corrected chi connectivity index (χ0v) is 12.8. The molecule has 0 saturated heterocycles. The molecule has 1 amide bonds. The highest BCUT2D eigenvalue weighted by Crippen LogP contribution is 2.18. The fourth-order valence-electron chi connectivity index (χ4n) is 1.78. The number of amides is 1. The Labute approximate surface area is 129 Å². The van der Waals surface area contributed by atoms with Crippen LogP contribution in [0.25, 0.3) is 0 Å². The van der Waals surface area contributed by atoms with Crippen molar-refractivity contribution in [2.24, 2.45) is 0 Å². The lowest BCUT2D eigenvalue weighted by atomic mass is 10.1. The second-order valence-electron chi connectivity index (χ2n) is 4.84. The zero-order valence-electron chi connectivity index (χ0n) is 12.8. The minimum atomic E-state index is -1.16. The molecule has 0 fully saturated rings. The maximum Gasteiger partial charge on any atom is 0.328 e. The van der Waals surface area contributed by atoms with E-state index in [0.29, 0.717) is 5.75 Å². The van der Waals surface area contributed by atoms with Crippen molar-refractivity contribution in [1.82, 2.24) is 5.32 Å².